The third-order valence-electron chi connectivity index (χ3n) is 4.03. The minimum absolute atomic E-state index is 0. The number of ether oxygens (including phenoxy) is 2. The highest BCUT2D eigenvalue weighted by atomic mass is 127. The van der Waals surface area contributed by atoms with Gasteiger partial charge in [0.25, 0.3) is 0 Å². The highest BCUT2D eigenvalue weighted by Gasteiger charge is 2.01. The Labute approximate surface area is 185 Å². The van der Waals surface area contributed by atoms with Crippen molar-refractivity contribution in [2.75, 3.05) is 40.0 Å². The Balaban J connectivity index is 0.00000392. The molecule has 1 aromatic heterocycles. The lowest BCUT2D eigenvalue weighted by molar-refractivity contribution is 0.146. The van der Waals surface area contributed by atoms with Crippen LogP contribution in [0.5, 0.6) is 5.75 Å². The fraction of sp³-hybridized carbons (Fsp3) is 0.476. The van der Waals surface area contributed by atoms with E-state index < -0.39 is 0 Å². The quantitative estimate of drug-likeness (QED) is 0.201. The van der Waals surface area contributed by atoms with Gasteiger partial charge in [0.05, 0.1) is 13.4 Å². The molecule has 0 fully saturated rings. The molecule has 0 saturated carbocycles. The number of rotatable bonds is 12. The molecule has 0 saturated heterocycles. The van der Waals surface area contributed by atoms with Crippen molar-refractivity contribution in [2.45, 2.75) is 26.2 Å². The van der Waals surface area contributed by atoms with Crippen LogP contribution in [0.15, 0.2) is 52.1 Å². The molecule has 0 amide bonds. The van der Waals surface area contributed by atoms with E-state index in [1.807, 2.05) is 31.2 Å². The average molecular weight is 501 g/mol. The number of furan rings is 1. The van der Waals surface area contributed by atoms with Gasteiger partial charge in [-0.25, -0.2) is 0 Å². The summed E-state index contributed by atoms with van der Waals surface area (Å²) < 4.78 is 15.9. The second kappa shape index (κ2) is 15.2. The Hall–Kier alpha value is -1.74. The summed E-state index contributed by atoms with van der Waals surface area (Å²) in [6, 6.07) is 12.0. The zero-order valence-corrected chi connectivity index (χ0v) is 19.1. The lowest BCUT2D eigenvalue weighted by atomic mass is 10.1. The number of nitrogens with zero attached hydrogens (tertiary/aromatic N) is 1. The van der Waals surface area contributed by atoms with E-state index in [0.29, 0.717) is 0 Å². The highest BCUT2D eigenvalue weighted by molar-refractivity contribution is 14.0. The normalized spacial score (nSPS) is 11.0. The largest absolute Gasteiger partial charge is 0.497 e. The number of benzene rings is 1. The molecule has 2 rings (SSSR count). The molecule has 6 nitrogen and oxygen atoms in total. The zero-order valence-electron chi connectivity index (χ0n) is 16.8. The van der Waals surface area contributed by atoms with Gasteiger partial charge in [-0.3, -0.25) is 4.99 Å². The lowest BCUT2D eigenvalue weighted by Gasteiger charge is -2.12. The number of halogens is 1. The topological polar surface area (TPSA) is 68.0 Å². The fourth-order valence-corrected chi connectivity index (χ4v) is 2.55. The van der Waals surface area contributed by atoms with Gasteiger partial charge in [-0.15, -0.1) is 24.0 Å². The molecule has 156 valence electrons. The first-order valence-corrected chi connectivity index (χ1v) is 9.57. The zero-order chi connectivity index (χ0) is 19.2. The first-order chi connectivity index (χ1) is 13.3. The van der Waals surface area contributed by atoms with Gasteiger partial charge in [-0.1, -0.05) is 12.1 Å². The molecular formula is C21H32IN3O3. The van der Waals surface area contributed by atoms with Crippen molar-refractivity contribution in [2.24, 2.45) is 4.99 Å². The maximum absolute atomic E-state index is 5.37. The fourth-order valence-electron chi connectivity index (χ4n) is 2.55. The number of aliphatic imine (C=N–C) groups is 1. The maximum atomic E-state index is 5.37. The van der Waals surface area contributed by atoms with E-state index in [4.69, 9.17) is 13.9 Å². The number of nitrogens with one attached hydrogen (secondary N) is 2. The van der Waals surface area contributed by atoms with Crippen LogP contribution in [0.2, 0.25) is 0 Å². The van der Waals surface area contributed by atoms with Crippen molar-refractivity contribution >= 4 is 29.9 Å². The van der Waals surface area contributed by atoms with Crippen molar-refractivity contribution in [3.8, 4) is 5.75 Å². The molecular weight excluding hydrogens is 469 g/mol. The van der Waals surface area contributed by atoms with Gasteiger partial charge in [-0.05, 0) is 49.6 Å². The summed E-state index contributed by atoms with van der Waals surface area (Å²) in [5.74, 6) is 2.67. The van der Waals surface area contributed by atoms with Crippen LogP contribution in [0.25, 0.3) is 0 Å². The summed E-state index contributed by atoms with van der Waals surface area (Å²) in [7, 11) is 1.68. The molecule has 7 heteroatoms. The predicted molar refractivity (Wildman–Crippen MR) is 124 cm³/mol. The van der Waals surface area contributed by atoms with E-state index >= 15 is 0 Å². The second-order valence-corrected chi connectivity index (χ2v) is 6.06. The Bertz CT molecular complexity index is 645. The Kier molecular flexibility index (Phi) is 13.2. The van der Waals surface area contributed by atoms with Crippen LogP contribution < -0.4 is 15.4 Å². The molecule has 0 aliphatic rings. The predicted octanol–water partition coefficient (Wildman–Crippen LogP) is 3.65. The molecule has 1 aromatic carbocycles. The third kappa shape index (κ3) is 9.98. The highest BCUT2D eigenvalue weighted by Crippen LogP contribution is 2.11. The summed E-state index contributed by atoms with van der Waals surface area (Å²) in [5.41, 5.74) is 1.26. The first kappa shape index (κ1) is 24.3. The molecule has 0 atom stereocenters. The molecule has 0 aliphatic heterocycles. The molecule has 0 bridgehead atoms. The van der Waals surface area contributed by atoms with Gasteiger partial charge in [0.15, 0.2) is 5.96 Å². The first-order valence-electron chi connectivity index (χ1n) is 9.57. The van der Waals surface area contributed by atoms with Crippen LogP contribution in [-0.2, 0) is 17.6 Å². The van der Waals surface area contributed by atoms with E-state index in [-0.39, 0.29) is 24.0 Å². The summed E-state index contributed by atoms with van der Waals surface area (Å²) in [4.78, 5) is 4.64. The molecule has 0 aliphatic carbocycles. The van der Waals surface area contributed by atoms with Crippen LogP contribution in [0.3, 0.4) is 0 Å². The molecule has 2 N–H and O–H groups in total. The van der Waals surface area contributed by atoms with E-state index in [2.05, 4.69) is 27.8 Å². The smallest absolute Gasteiger partial charge is 0.191 e. The van der Waals surface area contributed by atoms with Crippen molar-refractivity contribution in [1.82, 2.24) is 10.6 Å². The van der Waals surface area contributed by atoms with Crippen molar-refractivity contribution in [3.05, 3.63) is 54.0 Å². The van der Waals surface area contributed by atoms with E-state index in [1.165, 1.54) is 5.56 Å². The summed E-state index contributed by atoms with van der Waals surface area (Å²) in [6.07, 6.45) is 4.36. The van der Waals surface area contributed by atoms with Crippen LogP contribution in [-0.4, -0.2) is 45.9 Å². The number of hydrogen-bond donors (Lipinski definition) is 2. The number of methoxy groups -OCH3 is 1. The molecule has 2 aromatic rings. The molecule has 0 radical (unpaired) electrons. The maximum Gasteiger partial charge on any atom is 0.191 e. The van der Waals surface area contributed by atoms with Crippen LogP contribution in [0, 0.1) is 0 Å². The van der Waals surface area contributed by atoms with Crippen molar-refractivity contribution < 1.29 is 13.9 Å². The second-order valence-electron chi connectivity index (χ2n) is 6.06. The van der Waals surface area contributed by atoms with E-state index in [0.717, 1.165) is 69.6 Å². The Morgan fingerprint density at radius 1 is 1.07 bits per heavy atom. The SMILES string of the molecule is CCOCCCN=C(NCCc1ccc(OC)cc1)NCCc1ccco1.I. The van der Waals surface area contributed by atoms with Crippen molar-refractivity contribution in [3.63, 3.8) is 0 Å². The molecule has 0 unspecified atom stereocenters. The monoisotopic (exact) mass is 501 g/mol. The van der Waals surface area contributed by atoms with Gasteiger partial charge in [0.1, 0.15) is 11.5 Å². The van der Waals surface area contributed by atoms with Crippen LogP contribution in [0.4, 0.5) is 0 Å². The number of guanidine groups is 1. The molecule has 0 spiro atoms. The van der Waals surface area contributed by atoms with Crippen molar-refractivity contribution in [1.29, 1.82) is 0 Å². The third-order valence-corrected chi connectivity index (χ3v) is 4.03. The number of hydrogen-bond acceptors (Lipinski definition) is 4. The van der Waals surface area contributed by atoms with Gasteiger partial charge in [-0.2, -0.15) is 0 Å². The van der Waals surface area contributed by atoms with Gasteiger partial charge < -0.3 is 24.5 Å². The van der Waals surface area contributed by atoms with Crippen LogP contribution >= 0.6 is 24.0 Å². The molecule has 1 heterocycles. The standard InChI is InChI=1S/C21H31N3O3.HI/c1-3-26-16-5-13-22-21(24-15-12-20-6-4-17-27-20)23-14-11-18-7-9-19(25-2)10-8-18;/h4,6-10,17H,3,5,11-16H2,1-2H3,(H2,22,23,24);1H. The summed E-state index contributed by atoms with van der Waals surface area (Å²) in [5, 5.41) is 6.78. The van der Waals surface area contributed by atoms with Gasteiger partial charge in [0.2, 0.25) is 0 Å². The minimum atomic E-state index is 0. The Morgan fingerprint density at radius 2 is 1.82 bits per heavy atom. The minimum Gasteiger partial charge on any atom is -0.497 e. The van der Waals surface area contributed by atoms with Crippen LogP contribution in [0.1, 0.15) is 24.7 Å². The van der Waals surface area contributed by atoms with Gasteiger partial charge in [0, 0.05) is 39.3 Å². The van der Waals surface area contributed by atoms with E-state index in [9.17, 15) is 0 Å². The molecule has 28 heavy (non-hydrogen) atoms. The average Bonchev–Trinajstić information content (AvgIpc) is 3.21. The van der Waals surface area contributed by atoms with Gasteiger partial charge >= 0.3 is 0 Å². The summed E-state index contributed by atoms with van der Waals surface area (Å²) in [6.45, 7) is 5.81. The summed E-state index contributed by atoms with van der Waals surface area (Å²) >= 11 is 0. The lowest BCUT2D eigenvalue weighted by Crippen LogP contribution is -2.39. The Morgan fingerprint density at radius 3 is 2.46 bits per heavy atom. The van der Waals surface area contributed by atoms with E-state index in [1.54, 1.807) is 13.4 Å².